The molecule has 19 heteroatoms. The molecule has 2 unspecified atom stereocenters. The van der Waals surface area contributed by atoms with Crippen LogP contribution < -0.4 is 0 Å². The van der Waals surface area contributed by atoms with Crippen LogP contribution in [0.2, 0.25) is 0 Å². The van der Waals surface area contributed by atoms with Crippen molar-refractivity contribution in [3.63, 3.8) is 0 Å². The third kappa shape index (κ3) is 70.3. The number of phosphoric ester groups is 2. The molecule has 0 rings (SSSR count). The van der Waals surface area contributed by atoms with Crippen molar-refractivity contribution in [1.29, 1.82) is 0 Å². The molecule has 0 aliphatic carbocycles. The number of phosphoric acid groups is 2. The molecule has 0 radical (unpaired) electrons. The molecule has 0 saturated carbocycles. The largest absolute Gasteiger partial charge is 0.472 e. The first-order valence-corrected chi connectivity index (χ1v) is 42.6. The number of carbonyl (C=O) groups is 4. The van der Waals surface area contributed by atoms with E-state index in [1.165, 1.54) is 205 Å². The molecular formula is C76H148O17P2. The quantitative estimate of drug-likeness (QED) is 0.0222. The highest BCUT2D eigenvalue weighted by Crippen LogP contribution is 2.45. The first-order valence-electron chi connectivity index (χ1n) is 39.6. The lowest BCUT2D eigenvalue weighted by molar-refractivity contribution is -0.161. The lowest BCUT2D eigenvalue weighted by atomic mass is 10.0. The van der Waals surface area contributed by atoms with E-state index in [0.29, 0.717) is 25.7 Å². The Bertz CT molecular complexity index is 1820. The predicted molar refractivity (Wildman–Crippen MR) is 386 cm³/mol. The third-order valence-electron chi connectivity index (χ3n) is 17.8. The van der Waals surface area contributed by atoms with E-state index in [-0.39, 0.29) is 25.7 Å². The van der Waals surface area contributed by atoms with Crippen LogP contribution in [0, 0.1) is 5.92 Å². The Labute approximate surface area is 581 Å². The summed E-state index contributed by atoms with van der Waals surface area (Å²) in [5, 5.41) is 10.6. The summed E-state index contributed by atoms with van der Waals surface area (Å²) < 4.78 is 68.3. The van der Waals surface area contributed by atoms with Crippen molar-refractivity contribution < 1.29 is 80.2 Å². The highest BCUT2D eigenvalue weighted by Gasteiger charge is 2.30. The number of aliphatic hydroxyl groups is 1. The number of esters is 4. The van der Waals surface area contributed by atoms with Gasteiger partial charge in [-0.1, -0.05) is 349 Å². The maximum Gasteiger partial charge on any atom is 0.472 e. The van der Waals surface area contributed by atoms with Crippen LogP contribution in [-0.2, 0) is 65.4 Å². The molecule has 0 amide bonds. The zero-order valence-corrected chi connectivity index (χ0v) is 63.6. The molecule has 0 aromatic carbocycles. The number of carbonyl (C=O) groups excluding carboxylic acids is 4. The molecule has 0 spiro atoms. The van der Waals surface area contributed by atoms with Crippen molar-refractivity contribution in [2.45, 2.75) is 419 Å². The summed E-state index contributed by atoms with van der Waals surface area (Å²) in [6, 6.07) is 0. The topological polar surface area (TPSA) is 237 Å². The highest BCUT2D eigenvalue weighted by atomic mass is 31.2. The Morgan fingerprint density at radius 1 is 0.284 bits per heavy atom. The van der Waals surface area contributed by atoms with Crippen LogP contribution in [0.25, 0.3) is 0 Å². The standard InChI is InChI=1S/C76H148O17P2/c1-6-9-12-15-18-20-21-22-23-24-25-29-32-35-38-41-46-50-55-60-74(79)87-66-72(93-76(81)62-57-52-47-42-39-36-33-30-27-26-28-31-34-37-40-44-48-53-58-69(4)5)68-91-95(84,85)89-64-70(77)63-88-94(82,83)90-67-71(65-86-73(78)59-54-49-43-17-14-11-8-3)92-75(80)61-56-51-45-19-16-13-10-7-2/h69-72,77H,6-68H2,1-5H3,(H,82,83)(H,84,85)/t70-,71+,72+/m0/s1. The van der Waals surface area contributed by atoms with Crippen molar-refractivity contribution in [3.8, 4) is 0 Å². The molecule has 17 nitrogen and oxygen atoms in total. The molecule has 0 fully saturated rings. The zero-order valence-electron chi connectivity index (χ0n) is 61.8. The highest BCUT2D eigenvalue weighted by molar-refractivity contribution is 7.47. The average molecular weight is 1400 g/mol. The second-order valence-corrected chi connectivity index (χ2v) is 30.8. The van der Waals surface area contributed by atoms with E-state index in [4.69, 9.17) is 37.0 Å². The molecule has 564 valence electrons. The molecule has 0 aromatic rings. The third-order valence-corrected chi connectivity index (χ3v) is 19.7. The van der Waals surface area contributed by atoms with E-state index in [9.17, 15) is 43.2 Å². The number of hydrogen-bond donors (Lipinski definition) is 3. The van der Waals surface area contributed by atoms with Gasteiger partial charge in [0.15, 0.2) is 12.2 Å². The predicted octanol–water partition coefficient (Wildman–Crippen LogP) is 22.5. The minimum absolute atomic E-state index is 0.105. The van der Waals surface area contributed by atoms with Crippen molar-refractivity contribution in [2.75, 3.05) is 39.6 Å². The SMILES string of the molecule is CCCCCCCCCCCCCCCCCCCCCC(=O)OC[C@H](COP(=O)(O)OC[C@@H](O)COP(=O)(O)OC[C@@H](COC(=O)CCCCCCCCC)OC(=O)CCCCCCCCCC)OC(=O)CCCCCCCCCCCCCCCCCCCCC(C)C. The van der Waals surface area contributed by atoms with E-state index in [2.05, 4.69) is 34.6 Å². The van der Waals surface area contributed by atoms with Crippen molar-refractivity contribution in [2.24, 2.45) is 5.92 Å². The van der Waals surface area contributed by atoms with Crippen molar-refractivity contribution >= 4 is 39.5 Å². The van der Waals surface area contributed by atoms with Crippen LogP contribution in [0.3, 0.4) is 0 Å². The van der Waals surface area contributed by atoms with Crippen LogP contribution in [0.4, 0.5) is 0 Å². The molecule has 0 saturated heterocycles. The molecule has 0 aliphatic heterocycles. The minimum Gasteiger partial charge on any atom is -0.462 e. The minimum atomic E-state index is -4.95. The van der Waals surface area contributed by atoms with Gasteiger partial charge in [0.05, 0.1) is 26.4 Å². The molecule has 95 heavy (non-hydrogen) atoms. The molecule has 0 aromatic heterocycles. The average Bonchev–Trinajstić information content (AvgIpc) is 1.60. The van der Waals surface area contributed by atoms with Crippen LogP contribution in [0.5, 0.6) is 0 Å². The summed E-state index contributed by atoms with van der Waals surface area (Å²) in [6.07, 6.45) is 58.7. The number of hydrogen-bond acceptors (Lipinski definition) is 15. The van der Waals surface area contributed by atoms with Gasteiger partial charge in [0.2, 0.25) is 0 Å². The van der Waals surface area contributed by atoms with E-state index in [1.54, 1.807) is 0 Å². The first-order chi connectivity index (χ1) is 46.0. The Kier molecular flexibility index (Phi) is 67.7. The Balaban J connectivity index is 5.11. The maximum absolute atomic E-state index is 13.1. The van der Waals surface area contributed by atoms with Crippen LogP contribution in [-0.4, -0.2) is 96.7 Å². The second kappa shape index (κ2) is 69.2. The van der Waals surface area contributed by atoms with Gasteiger partial charge in [0.1, 0.15) is 19.3 Å². The maximum atomic E-state index is 13.1. The number of unbranched alkanes of at least 4 members (excludes halogenated alkanes) is 48. The van der Waals surface area contributed by atoms with E-state index in [0.717, 1.165) is 115 Å². The first kappa shape index (κ1) is 93.1. The van der Waals surface area contributed by atoms with Gasteiger partial charge in [0.25, 0.3) is 0 Å². The van der Waals surface area contributed by atoms with Gasteiger partial charge in [-0.3, -0.25) is 37.3 Å². The fraction of sp³-hybridized carbons (Fsp3) is 0.947. The number of ether oxygens (including phenoxy) is 4. The van der Waals surface area contributed by atoms with Gasteiger partial charge in [-0.2, -0.15) is 0 Å². The summed E-state index contributed by atoms with van der Waals surface area (Å²) in [7, 11) is -9.90. The summed E-state index contributed by atoms with van der Waals surface area (Å²) in [5.74, 6) is -1.30. The van der Waals surface area contributed by atoms with E-state index >= 15 is 0 Å². The Hall–Kier alpha value is -1.94. The van der Waals surface area contributed by atoms with Gasteiger partial charge in [-0.25, -0.2) is 9.13 Å². The van der Waals surface area contributed by atoms with Gasteiger partial charge in [-0.15, -0.1) is 0 Å². The van der Waals surface area contributed by atoms with Gasteiger partial charge < -0.3 is 33.8 Å². The fourth-order valence-corrected chi connectivity index (χ4v) is 13.3. The normalized spacial score (nSPS) is 13.9. The summed E-state index contributed by atoms with van der Waals surface area (Å²) in [6.45, 7) is 7.25. The molecule has 3 N–H and O–H groups in total. The van der Waals surface area contributed by atoms with Crippen molar-refractivity contribution in [3.05, 3.63) is 0 Å². The lowest BCUT2D eigenvalue weighted by Crippen LogP contribution is -2.30. The smallest absolute Gasteiger partial charge is 0.462 e. The van der Waals surface area contributed by atoms with Crippen LogP contribution in [0.15, 0.2) is 0 Å². The monoisotopic (exact) mass is 1400 g/mol. The Morgan fingerprint density at radius 2 is 0.484 bits per heavy atom. The van der Waals surface area contributed by atoms with Crippen molar-refractivity contribution in [1.82, 2.24) is 0 Å². The molecule has 0 bridgehead atoms. The van der Waals surface area contributed by atoms with Gasteiger partial charge in [-0.05, 0) is 31.6 Å². The number of aliphatic hydroxyl groups excluding tert-OH is 1. The molecular weight excluding hydrogens is 1250 g/mol. The molecule has 0 aliphatic rings. The van der Waals surface area contributed by atoms with Crippen LogP contribution in [0.1, 0.15) is 401 Å². The summed E-state index contributed by atoms with van der Waals surface area (Å²) >= 11 is 0. The fourth-order valence-electron chi connectivity index (χ4n) is 11.7. The van der Waals surface area contributed by atoms with E-state index < -0.39 is 97.5 Å². The second-order valence-electron chi connectivity index (χ2n) is 27.9. The number of rotatable bonds is 76. The summed E-state index contributed by atoms with van der Waals surface area (Å²) in [4.78, 5) is 72.5. The van der Waals surface area contributed by atoms with Gasteiger partial charge >= 0.3 is 39.5 Å². The zero-order chi connectivity index (χ0) is 69.8. The summed E-state index contributed by atoms with van der Waals surface area (Å²) in [5.41, 5.74) is 0. The lowest BCUT2D eigenvalue weighted by Gasteiger charge is -2.21. The van der Waals surface area contributed by atoms with E-state index in [1.807, 2.05) is 0 Å². The molecule has 0 heterocycles. The Morgan fingerprint density at radius 3 is 0.716 bits per heavy atom. The van der Waals surface area contributed by atoms with Gasteiger partial charge in [0, 0.05) is 25.7 Å². The molecule has 5 atom stereocenters. The van der Waals surface area contributed by atoms with Crippen LogP contribution >= 0.6 is 15.6 Å².